The van der Waals surface area contributed by atoms with E-state index in [0.29, 0.717) is 25.2 Å². The molecule has 106 valence electrons. The van der Waals surface area contributed by atoms with Gasteiger partial charge in [-0.3, -0.25) is 4.31 Å². The highest BCUT2D eigenvalue weighted by Crippen LogP contribution is 2.26. The molecule has 0 bridgehead atoms. The SMILES string of the molecule is O=S1(=O)CCCN1c1cccc(NCc2ccco2)c1. The van der Waals surface area contributed by atoms with E-state index in [-0.39, 0.29) is 5.75 Å². The zero-order valence-corrected chi connectivity index (χ0v) is 11.8. The van der Waals surface area contributed by atoms with E-state index in [9.17, 15) is 8.42 Å². The zero-order chi connectivity index (χ0) is 14.0. The Labute approximate surface area is 118 Å². The van der Waals surface area contributed by atoms with Crippen LogP contribution in [0.25, 0.3) is 0 Å². The third kappa shape index (κ3) is 2.65. The van der Waals surface area contributed by atoms with Crippen LogP contribution < -0.4 is 9.62 Å². The summed E-state index contributed by atoms with van der Waals surface area (Å²) in [6.45, 7) is 1.13. The molecule has 0 aliphatic carbocycles. The van der Waals surface area contributed by atoms with Crippen LogP contribution in [0.4, 0.5) is 11.4 Å². The average Bonchev–Trinajstić information content (AvgIpc) is 3.05. The lowest BCUT2D eigenvalue weighted by atomic mass is 10.2. The zero-order valence-electron chi connectivity index (χ0n) is 11.0. The van der Waals surface area contributed by atoms with Crippen molar-refractivity contribution in [2.24, 2.45) is 0 Å². The van der Waals surface area contributed by atoms with Gasteiger partial charge in [0.2, 0.25) is 10.0 Å². The van der Waals surface area contributed by atoms with Crippen LogP contribution in [-0.4, -0.2) is 20.7 Å². The molecule has 1 aliphatic heterocycles. The molecule has 1 saturated heterocycles. The molecule has 6 heteroatoms. The van der Waals surface area contributed by atoms with Gasteiger partial charge in [0.15, 0.2) is 0 Å². The molecule has 1 aromatic carbocycles. The molecule has 0 atom stereocenters. The van der Waals surface area contributed by atoms with Gasteiger partial charge in [-0.05, 0) is 36.8 Å². The number of benzene rings is 1. The average molecular weight is 292 g/mol. The molecule has 1 aliphatic rings. The van der Waals surface area contributed by atoms with E-state index in [1.807, 2.05) is 36.4 Å². The molecule has 0 saturated carbocycles. The van der Waals surface area contributed by atoms with Gasteiger partial charge in [-0.25, -0.2) is 8.42 Å². The molecule has 2 heterocycles. The Bertz CT molecular complexity index is 680. The molecular formula is C14H16N2O3S. The Balaban J connectivity index is 1.76. The van der Waals surface area contributed by atoms with Crippen LogP contribution in [0.5, 0.6) is 0 Å². The van der Waals surface area contributed by atoms with E-state index in [4.69, 9.17) is 4.42 Å². The van der Waals surface area contributed by atoms with Crippen molar-refractivity contribution in [1.29, 1.82) is 0 Å². The van der Waals surface area contributed by atoms with Crippen molar-refractivity contribution in [3.05, 3.63) is 48.4 Å². The molecular weight excluding hydrogens is 276 g/mol. The number of sulfonamides is 1. The van der Waals surface area contributed by atoms with Gasteiger partial charge in [-0.15, -0.1) is 0 Å². The minimum Gasteiger partial charge on any atom is -0.467 e. The first-order valence-corrected chi connectivity index (χ1v) is 8.13. The molecule has 20 heavy (non-hydrogen) atoms. The van der Waals surface area contributed by atoms with E-state index >= 15 is 0 Å². The Morgan fingerprint density at radius 3 is 2.85 bits per heavy atom. The molecule has 0 amide bonds. The standard InChI is InChI=1S/C14H16N2O3S/c17-20(18)9-3-7-16(20)13-5-1-4-12(10-13)15-11-14-6-2-8-19-14/h1-2,4-6,8,10,15H,3,7,9,11H2. The maximum atomic E-state index is 11.9. The van der Waals surface area contributed by atoms with Crippen molar-refractivity contribution >= 4 is 21.4 Å². The highest BCUT2D eigenvalue weighted by atomic mass is 32.2. The fourth-order valence-corrected chi connectivity index (χ4v) is 3.86. The summed E-state index contributed by atoms with van der Waals surface area (Å²) in [4.78, 5) is 0. The van der Waals surface area contributed by atoms with Crippen LogP contribution in [0.2, 0.25) is 0 Å². The van der Waals surface area contributed by atoms with E-state index in [2.05, 4.69) is 5.32 Å². The Morgan fingerprint density at radius 1 is 1.25 bits per heavy atom. The minimum atomic E-state index is -3.13. The summed E-state index contributed by atoms with van der Waals surface area (Å²) in [5, 5.41) is 3.22. The van der Waals surface area contributed by atoms with Gasteiger partial charge in [0.25, 0.3) is 0 Å². The smallest absolute Gasteiger partial charge is 0.235 e. The summed E-state index contributed by atoms with van der Waals surface area (Å²) in [6, 6.07) is 11.2. The van der Waals surface area contributed by atoms with E-state index < -0.39 is 10.0 Å². The predicted octanol–water partition coefficient (Wildman–Crippen LogP) is 2.43. The lowest BCUT2D eigenvalue weighted by molar-refractivity contribution is 0.518. The van der Waals surface area contributed by atoms with E-state index in [1.165, 1.54) is 4.31 Å². The number of hydrogen-bond acceptors (Lipinski definition) is 4. The topological polar surface area (TPSA) is 62.6 Å². The van der Waals surface area contributed by atoms with Crippen LogP contribution in [0.1, 0.15) is 12.2 Å². The van der Waals surface area contributed by atoms with Crippen molar-refractivity contribution < 1.29 is 12.8 Å². The largest absolute Gasteiger partial charge is 0.467 e. The summed E-state index contributed by atoms with van der Waals surface area (Å²) in [5.41, 5.74) is 1.59. The van der Waals surface area contributed by atoms with Gasteiger partial charge in [-0.2, -0.15) is 0 Å². The number of hydrogen-bond donors (Lipinski definition) is 1. The summed E-state index contributed by atoms with van der Waals surface area (Å²) >= 11 is 0. The minimum absolute atomic E-state index is 0.233. The van der Waals surface area contributed by atoms with Crippen molar-refractivity contribution in [2.75, 3.05) is 21.9 Å². The predicted molar refractivity (Wildman–Crippen MR) is 78.2 cm³/mol. The summed E-state index contributed by atoms with van der Waals surface area (Å²) in [6.07, 6.45) is 2.32. The number of nitrogens with one attached hydrogen (secondary N) is 1. The molecule has 1 fully saturated rings. The highest BCUT2D eigenvalue weighted by Gasteiger charge is 2.28. The summed E-state index contributed by atoms with van der Waals surface area (Å²) < 4.78 is 30.5. The third-order valence-electron chi connectivity index (χ3n) is 3.28. The lowest BCUT2D eigenvalue weighted by Crippen LogP contribution is -2.25. The Morgan fingerprint density at radius 2 is 2.15 bits per heavy atom. The van der Waals surface area contributed by atoms with E-state index in [0.717, 1.165) is 11.4 Å². The van der Waals surface area contributed by atoms with Gasteiger partial charge < -0.3 is 9.73 Å². The molecule has 2 aromatic rings. The number of furan rings is 1. The van der Waals surface area contributed by atoms with Crippen LogP contribution in [0.15, 0.2) is 47.1 Å². The second-order valence-corrected chi connectivity index (χ2v) is 6.74. The summed E-state index contributed by atoms with van der Waals surface area (Å²) in [7, 11) is -3.13. The third-order valence-corrected chi connectivity index (χ3v) is 5.15. The molecule has 0 radical (unpaired) electrons. The maximum absolute atomic E-state index is 11.9. The fourth-order valence-electron chi connectivity index (χ4n) is 2.30. The summed E-state index contributed by atoms with van der Waals surface area (Å²) in [5.74, 6) is 1.07. The lowest BCUT2D eigenvalue weighted by Gasteiger charge is -2.17. The Kier molecular flexibility index (Phi) is 3.40. The number of rotatable bonds is 4. The molecule has 0 unspecified atom stereocenters. The van der Waals surface area contributed by atoms with Gasteiger partial charge in [0.05, 0.1) is 24.2 Å². The first-order chi connectivity index (χ1) is 9.65. The number of nitrogens with zero attached hydrogens (tertiary/aromatic N) is 1. The van der Waals surface area contributed by atoms with Crippen molar-refractivity contribution in [1.82, 2.24) is 0 Å². The molecule has 3 rings (SSSR count). The first kappa shape index (κ1) is 13.1. The van der Waals surface area contributed by atoms with Crippen molar-refractivity contribution in [3.8, 4) is 0 Å². The van der Waals surface area contributed by atoms with E-state index in [1.54, 1.807) is 6.26 Å². The second kappa shape index (κ2) is 5.20. The highest BCUT2D eigenvalue weighted by molar-refractivity contribution is 7.93. The number of anilines is 2. The first-order valence-electron chi connectivity index (χ1n) is 6.52. The van der Waals surface area contributed by atoms with Gasteiger partial charge in [0.1, 0.15) is 5.76 Å². The Hall–Kier alpha value is -1.95. The van der Waals surface area contributed by atoms with Crippen molar-refractivity contribution in [3.63, 3.8) is 0 Å². The fraction of sp³-hybridized carbons (Fsp3) is 0.286. The molecule has 5 nitrogen and oxygen atoms in total. The molecule has 0 spiro atoms. The maximum Gasteiger partial charge on any atom is 0.235 e. The van der Waals surface area contributed by atoms with Crippen LogP contribution in [0, 0.1) is 0 Å². The van der Waals surface area contributed by atoms with Crippen LogP contribution in [-0.2, 0) is 16.6 Å². The molecule has 1 aromatic heterocycles. The monoisotopic (exact) mass is 292 g/mol. The van der Waals surface area contributed by atoms with Crippen molar-refractivity contribution in [2.45, 2.75) is 13.0 Å². The second-order valence-electron chi connectivity index (χ2n) is 4.72. The van der Waals surface area contributed by atoms with Crippen LogP contribution in [0.3, 0.4) is 0 Å². The van der Waals surface area contributed by atoms with Gasteiger partial charge >= 0.3 is 0 Å². The normalized spacial score (nSPS) is 17.3. The van der Waals surface area contributed by atoms with Gasteiger partial charge in [-0.1, -0.05) is 6.07 Å². The van der Waals surface area contributed by atoms with Gasteiger partial charge in [0, 0.05) is 12.2 Å². The quantitative estimate of drug-likeness (QED) is 0.940. The van der Waals surface area contributed by atoms with Crippen LogP contribution >= 0.6 is 0 Å². The molecule has 1 N–H and O–H groups in total.